The highest BCUT2D eigenvalue weighted by molar-refractivity contribution is 7.92. The van der Waals surface area contributed by atoms with E-state index in [0.29, 0.717) is 18.5 Å². The summed E-state index contributed by atoms with van der Waals surface area (Å²) in [5.74, 6) is -0.438. The van der Waals surface area contributed by atoms with E-state index >= 15 is 0 Å². The molecule has 7 nitrogen and oxygen atoms in total. The lowest BCUT2D eigenvalue weighted by Crippen LogP contribution is -2.50. The van der Waals surface area contributed by atoms with Gasteiger partial charge in [-0.3, -0.25) is 13.9 Å². The third kappa shape index (κ3) is 8.42. The zero-order valence-electron chi connectivity index (χ0n) is 23.3. The van der Waals surface area contributed by atoms with E-state index in [1.807, 2.05) is 80.6 Å². The lowest BCUT2D eigenvalue weighted by molar-refractivity contribution is -0.141. The van der Waals surface area contributed by atoms with Gasteiger partial charge in [-0.2, -0.15) is 0 Å². The highest BCUT2D eigenvalue weighted by Gasteiger charge is 2.30. The molecule has 0 spiro atoms. The molecule has 0 unspecified atom stereocenters. The highest BCUT2D eigenvalue weighted by Crippen LogP contribution is 2.21. The molecule has 0 saturated heterocycles. The number of sulfonamides is 1. The van der Waals surface area contributed by atoms with Crippen molar-refractivity contribution >= 4 is 27.5 Å². The Hall–Kier alpha value is -3.65. The van der Waals surface area contributed by atoms with E-state index < -0.39 is 16.1 Å². The topological polar surface area (TPSA) is 86.8 Å². The SMILES string of the molecule is CCc1ccc(N(CCCC(=O)N(Cc2ccccc2C)[C@H](Cc2ccccc2)C(=O)NC)S(C)(=O)=O)cc1. The molecular weight excluding hydrogens is 510 g/mol. The van der Waals surface area contributed by atoms with Crippen molar-refractivity contribution in [3.8, 4) is 0 Å². The second-order valence-electron chi connectivity index (χ2n) is 9.73. The number of hydrogen-bond acceptors (Lipinski definition) is 4. The number of amides is 2. The van der Waals surface area contributed by atoms with Crippen LogP contribution in [-0.4, -0.2) is 51.0 Å². The minimum absolute atomic E-state index is 0.104. The fraction of sp³-hybridized carbons (Fsp3) is 0.355. The Morgan fingerprint density at radius 2 is 1.54 bits per heavy atom. The molecule has 208 valence electrons. The molecule has 0 aromatic heterocycles. The first-order chi connectivity index (χ1) is 18.6. The van der Waals surface area contributed by atoms with E-state index in [2.05, 4.69) is 5.32 Å². The molecule has 1 atom stereocenters. The molecular formula is C31H39N3O4S. The van der Waals surface area contributed by atoms with Crippen LogP contribution in [-0.2, 0) is 39.0 Å². The van der Waals surface area contributed by atoms with Crippen molar-refractivity contribution in [3.63, 3.8) is 0 Å². The van der Waals surface area contributed by atoms with Gasteiger partial charge in [0.05, 0.1) is 11.9 Å². The first kappa shape index (κ1) is 29.9. The summed E-state index contributed by atoms with van der Waals surface area (Å²) >= 11 is 0. The Balaban J connectivity index is 1.84. The third-order valence-electron chi connectivity index (χ3n) is 6.90. The maximum atomic E-state index is 13.7. The molecule has 3 aromatic carbocycles. The van der Waals surface area contributed by atoms with E-state index in [4.69, 9.17) is 0 Å². The average molecular weight is 550 g/mol. The molecule has 0 fully saturated rings. The maximum Gasteiger partial charge on any atom is 0.242 e. The zero-order chi connectivity index (χ0) is 28.4. The minimum Gasteiger partial charge on any atom is -0.357 e. The summed E-state index contributed by atoms with van der Waals surface area (Å²) in [7, 11) is -1.97. The van der Waals surface area contributed by atoms with Crippen molar-refractivity contribution in [3.05, 3.63) is 101 Å². The van der Waals surface area contributed by atoms with Crippen LogP contribution in [0.15, 0.2) is 78.9 Å². The van der Waals surface area contributed by atoms with Crippen LogP contribution in [0.2, 0.25) is 0 Å². The van der Waals surface area contributed by atoms with E-state index in [9.17, 15) is 18.0 Å². The molecule has 0 aliphatic heterocycles. The van der Waals surface area contributed by atoms with E-state index in [1.165, 1.54) is 10.6 Å². The molecule has 0 radical (unpaired) electrons. The number of nitrogens with zero attached hydrogens (tertiary/aromatic N) is 2. The lowest BCUT2D eigenvalue weighted by atomic mass is 10.0. The van der Waals surface area contributed by atoms with Gasteiger partial charge < -0.3 is 10.2 Å². The summed E-state index contributed by atoms with van der Waals surface area (Å²) in [6.45, 7) is 4.47. The molecule has 39 heavy (non-hydrogen) atoms. The summed E-state index contributed by atoms with van der Waals surface area (Å²) in [6.07, 6.45) is 2.83. The Bertz CT molecular complexity index is 1340. The van der Waals surface area contributed by atoms with Crippen molar-refractivity contribution in [2.45, 2.75) is 52.1 Å². The van der Waals surface area contributed by atoms with Gasteiger partial charge in [-0.25, -0.2) is 8.42 Å². The van der Waals surface area contributed by atoms with Crippen molar-refractivity contribution in [1.29, 1.82) is 0 Å². The van der Waals surface area contributed by atoms with E-state index in [-0.39, 0.29) is 31.3 Å². The number of carbonyl (C=O) groups is 2. The number of carbonyl (C=O) groups excluding carboxylic acids is 2. The van der Waals surface area contributed by atoms with Gasteiger partial charge in [0.2, 0.25) is 21.8 Å². The molecule has 8 heteroatoms. The average Bonchev–Trinajstić information content (AvgIpc) is 2.93. The standard InChI is InChI=1S/C31H39N3O4S/c1-5-25-17-19-28(20-18-25)34(39(4,37)38)21-11-16-30(35)33(23-27-15-10-9-12-24(27)2)29(31(36)32-3)22-26-13-7-6-8-14-26/h6-10,12-15,17-20,29H,5,11,16,21-23H2,1-4H3,(H,32,36)/t29-/m1/s1. The van der Waals surface area contributed by atoms with Gasteiger partial charge >= 0.3 is 0 Å². The fourth-order valence-corrected chi connectivity index (χ4v) is 5.56. The predicted octanol–water partition coefficient (Wildman–Crippen LogP) is 4.49. The highest BCUT2D eigenvalue weighted by atomic mass is 32.2. The first-order valence-corrected chi connectivity index (χ1v) is 15.1. The van der Waals surface area contributed by atoms with Gasteiger partial charge in [0.25, 0.3) is 0 Å². The number of likely N-dealkylation sites (N-methyl/N-ethyl adjacent to an activating group) is 1. The van der Waals surface area contributed by atoms with Gasteiger partial charge in [0.1, 0.15) is 6.04 Å². The van der Waals surface area contributed by atoms with Crippen molar-refractivity contribution < 1.29 is 18.0 Å². The Morgan fingerprint density at radius 3 is 2.13 bits per heavy atom. The summed E-state index contributed by atoms with van der Waals surface area (Å²) in [5, 5.41) is 2.73. The smallest absolute Gasteiger partial charge is 0.242 e. The summed E-state index contributed by atoms with van der Waals surface area (Å²) < 4.78 is 26.5. The minimum atomic E-state index is -3.54. The third-order valence-corrected chi connectivity index (χ3v) is 8.10. The number of rotatable bonds is 13. The van der Waals surface area contributed by atoms with E-state index in [0.717, 1.165) is 28.7 Å². The monoisotopic (exact) mass is 549 g/mol. The van der Waals surface area contributed by atoms with Crippen molar-refractivity contribution in [2.24, 2.45) is 0 Å². The molecule has 1 N–H and O–H groups in total. The van der Waals surface area contributed by atoms with Crippen LogP contribution in [0.1, 0.15) is 42.0 Å². The molecule has 0 saturated carbocycles. The number of hydrogen-bond donors (Lipinski definition) is 1. The predicted molar refractivity (Wildman–Crippen MR) is 157 cm³/mol. The number of aryl methyl sites for hydroxylation is 2. The number of nitrogens with one attached hydrogen (secondary N) is 1. The van der Waals surface area contributed by atoms with Crippen LogP contribution >= 0.6 is 0 Å². The summed E-state index contributed by atoms with van der Waals surface area (Å²) in [5.41, 5.74) is 4.64. The Kier molecular flexibility index (Phi) is 10.7. The Morgan fingerprint density at radius 1 is 0.897 bits per heavy atom. The molecule has 0 heterocycles. The Labute approximate surface area is 232 Å². The van der Waals surface area contributed by atoms with Gasteiger partial charge in [0.15, 0.2) is 0 Å². The van der Waals surface area contributed by atoms with Crippen LogP contribution in [0, 0.1) is 6.92 Å². The number of anilines is 1. The zero-order valence-corrected chi connectivity index (χ0v) is 24.1. The lowest BCUT2D eigenvalue weighted by Gasteiger charge is -2.32. The molecule has 3 rings (SSSR count). The summed E-state index contributed by atoms with van der Waals surface area (Å²) in [4.78, 5) is 28.5. The van der Waals surface area contributed by atoms with Crippen molar-refractivity contribution in [1.82, 2.24) is 10.2 Å². The molecule has 2 amide bonds. The number of benzene rings is 3. The van der Waals surface area contributed by atoms with Crippen LogP contribution in [0.3, 0.4) is 0 Å². The summed E-state index contributed by atoms with van der Waals surface area (Å²) in [6, 6.07) is 24.2. The molecule has 3 aromatic rings. The fourth-order valence-electron chi connectivity index (χ4n) is 4.59. The van der Waals surface area contributed by atoms with Gasteiger partial charge in [-0.1, -0.05) is 73.7 Å². The second-order valence-corrected chi connectivity index (χ2v) is 11.6. The van der Waals surface area contributed by atoms with Gasteiger partial charge in [-0.15, -0.1) is 0 Å². The van der Waals surface area contributed by atoms with Crippen LogP contribution in [0.5, 0.6) is 0 Å². The second kappa shape index (κ2) is 13.9. The van der Waals surface area contributed by atoms with Gasteiger partial charge in [0, 0.05) is 33.0 Å². The largest absolute Gasteiger partial charge is 0.357 e. The van der Waals surface area contributed by atoms with Crippen molar-refractivity contribution in [2.75, 3.05) is 24.2 Å². The first-order valence-electron chi connectivity index (χ1n) is 13.3. The molecule has 0 bridgehead atoms. The molecule has 0 aliphatic carbocycles. The quantitative estimate of drug-likeness (QED) is 0.340. The van der Waals surface area contributed by atoms with Crippen LogP contribution < -0.4 is 9.62 Å². The van der Waals surface area contributed by atoms with Crippen LogP contribution in [0.4, 0.5) is 5.69 Å². The van der Waals surface area contributed by atoms with E-state index in [1.54, 1.807) is 24.1 Å². The molecule has 0 aliphatic rings. The van der Waals surface area contributed by atoms with Gasteiger partial charge in [-0.05, 0) is 54.2 Å². The normalized spacial score (nSPS) is 12.0. The van der Waals surface area contributed by atoms with Crippen LogP contribution in [0.25, 0.3) is 0 Å². The maximum absolute atomic E-state index is 13.7.